The van der Waals surface area contributed by atoms with Crippen LogP contribution in [0.2, 0.25) is 0 Å². The summed E-state index contributed by atoms with van der Waals surface area (Å²) < 4.78 is 16.3. The van der Waals surface area contributed by atoms with E-state index >= 15 is 0 Å². The highest BCUT2D eigenvalue weighted by molar-refractivity contribution is 5.77. The number of carbonyl (C=O) groups is 1. The number of amides is 1. The van der Waals surface area contributed by atoms with Gasteiger partial charge in [-0.15, -0.1) is 0 Å². The molecule has 0 unspecified atom stereocenters. The van der Waals surface area contributed by atoms with E-state index in [1.165, 1.54) is 0 Å². The van der Waals surface area contributed by atoms with Crippen molar-refractivity contribution in [2.45, 2.75) is 32.9 Å². The molecule has 2 atom stereocenters. The van der Waals surface area contributed by atoms with Crippen molar-refractivity contribution in [3.63, 3.8) is 0 Å². The lowest BCUT2D eigenvalue weighted by atomic mass is 9.99. The number of aromatic nitrogens is 2. The van der Waals surface area contributed by atoms with Crippen LogP contribution in [0.25, 0.3) is 11.4 Å². The first-order chi connectivity index (χ1) is 14.6. The van der Waals surface area contributed by atoms with Crippen LogP contribution >= 0.6 is 0 Å². The van der Waals surface area contributed by atoms with Gasteiger partial charge in [0.25, 0.3) is 0 Å². The molecule has 2 aromatic carbocycles. The number of hydrogen-bond acceptors (Lipinski definition) is 6. The van der Waals surface area contributed by atoms with Gasteiger partial charge in [-0.3, -0.25) is 4.79 Å². The molecule has 0 saturated heterocycles. The highest BCUT2D eigenvalue weighted by Gasteiger charge is 2.26. The van der Waals surface area contributed by atoms with Gasteiger partial charge in [-0.1, -0.05) is 67.9 Å². The van der Waals surface area contributed by atoms with Gasteiger partial charge in [-0.2, -0.15) is 4.98 Å². The highest BCUT2D eigenvalue weighted by atomic mass is 16.5. The molecule has 7 heteroatoms. The average molecular weight is 409 g/mol. The second kappa shape index (κ2) is 10.5. The van der Waals surface area contributed by atoms with Crippen LogP contribution in [0.15, 0.2) is 59.1 Å². The largest absolute Gasteiger partial charge is 0.497 e. The third-order valence-corrected chi connectivity index (χ3v) is 4.91. The summed E-state index contributed by atoms with van der Waals surface area (Å²) in [5.41, 5.74) is 1.80. The van der Waals surface area contributed by atoms with Crippen molar-refractivity contribution >= 4 is 5.91 Å². The Balaban J connectivity index is 1.65. The molecule has 0 aliphatic rings. The molecule has 1 aromatic heterocycles. The molecule has 0 saturated carbocycles. The van der Waals surface area contributed by atoms with Gasteiger partial charge in [-0.25, -0.2) is 0 Å². The lowest BCUT2D eigenvalue weighted by Crippen LogP contribution is -2.35. The number of nitrogens with one attached hydrogen (secondary N) is 1. The van der Waals surface area contributed by atoms with Gasteiger partial charge in [0.1, 0.15) is 18.4 Å². The second-order valence-electron chi connectivity index (χ2n) is 7.10. The van der Waals surface area contributed by atoms with Crippen molar-refractivity contribution in [3.05, 3.63) is 66.1 Å². The number of rotatable bonds is 10. The molecule has 0 bridgehead atoms. The van der Waals surface area contributed by atoms with Gasteiger partial charge >= 0.3 is 0 Å². The van der Waals surface area contributed by atoms with Crippen molar-refractivity contribution in [1.82, 2.24) is 15.5 Å². The zero-order valence-electron chi connectivity index (χ0n) is 17.5. The molecule has 0 spiro atoms. The summed E-state index contributed by atoms with van der Waals surface area (Å²) in [5, 5.41) is 7.06. The molecule has 3 rings (SSSR count). The van der Waals surface area contributed by atoms with E-state index in [9.17, 15) is 4.79 Å². The Hall–Kier alpha value is -3.19. The first-order valence-electron chi connectivity index (χ1n) is 9.99. The molecule has 0 radical (unpaired) electrons. The minimum absolute atomic E-state index is 0.0429. The Kier molecular flexibility index (Phi) is 7.57. The molecule has 0 aliphatic carbocycles. The van der Waals surface area contributed by atoms with Crippen molar-refractivity contribution in [1.29, 1.82) is 0 Å². The fraction of sp³-hybridized carbons (Fsp3) is 0.348. The number of carbonyl (C=O) groups excluding carboxylic acids is 1. The molecule has 1 N–H and O–H groups in total. The molecule has 1 amide bonds. The van der Waals surface area contributed by atoms with Crippen LogP contribution in [0.4, 0.5) is 0 Å². The van der Waals surface area contributed by atoms with Crippen LogP contribution < -0.4 is 10.1 Å². The maximum Gasteiger partial charge on any atom is 0.249 e. The SMILES string of the molecule is CC[C@H](C)[C@@H](NC(=O)COCc1ccccc1)c1nc(-c2cccc(OC)c2)no1. The summed E-state index contributed by atoms with van der Waals surface area (Å²) in [5.74, 6) is 1.42. The predicted octanol–water partition coefficient (Wildman–Crippen LogP) is 4.17. The first kappa shape index (κ1) is 21.5. The highest BCUT2D eigenvalue weighted by Crippen LogP contribution is 2.27. The van der Waals surface area contributed by atoms with E-state index in [1.54, 1.807) is 7.11 Å². The van der Waals surface area contributed by atoms with Crippen LogP contribution in [-0.2, 0) is 16.1 Å². The van der Waals surface area contributed by atoms with E-state index in [1.807, 2.05) is 61.5 Å². The Labute approximate surface area is 176 Å². The van der Waals surface area contributed by atoms with Crippen LogP contribution in [-0.4, -0.2) is 29.8 Å². The minimum atomic E-state index is -0.394. The average Bonchev–Trinajstić information content (AvgIpc) is 3.28. The molecule has 3 aromatic rings. The summed E-state index contributed by atoms with van der Waals surface area (Å²) in [6.45, 7) is 4.42. The Morgan fingerprint density at radius 3 is 2.70 bits per heavy atom. The number of ether oxygens (including phenoxy) is 2. The van der Waals surface area contributed by atoms with Crippen molar-refractivity contribution < 1.29 is 18.8 Å². The molecule has 0 fully saturated rings. The molecule has 0 aliphatic heterocycles. The fourth-order valence-corrected chi connectivity index (χ4v) is 2.97. The van der Waals surface area contributed by atoms with Gasteiger partial charge in [-0.05, 0) is 23.6 Å². The third-order valence-electron chi connectivity index (χ3n) is 4.91. The van der Waals surface area contributed by atoms with Gasteiger partial charge in [0, 0.05) is 5.56 Å². The summed E-state index contributed by atoms with van der Waals surface area (Å²) in [6, 6.07) is 16.8. The van der Waals surface area contributed by atoms with Crippen LogP contribution in [0, 0.1) is 5.92 Å². The quantitative estimate of drug-likeness (QED) is 0.541. The fourth-order valence-electron chi connectivity index (χ4n) is 2.97. The van der Waals surface area contributed by atoms with E-state index in [0.29, 0.717) is 24.1 Å². The maximum atomic E-state index is 12.5. The molecule has 158 valence electrons. The number of methoxy groups -OCH3 is 1. The smallest absolute Gasteiger partial charge is 0.249 e. The standard InChI is InChI=1S/C23H27N3O4/c1-4-16(2)21(24-20(27)15-29-14-17-9-6-5-7-10-17)23-25-22(26-30-23)18-11-8-12-19(13-18)28-3/h5-13,16,21H,4,14-15H2,1-3H3,(H,24,27)/t16-,21+/m0/s1. The normalized spacial score (nSPS) is 12.9. The summed E-state index contributed by atoms with van der Waals surface area (Å²) >= 11 is 0. The molecule has 7 nitrogen and oxygen atoms in total. The summed E-state index contributed by atoms with van der Waals surface area (Å²) in [6.07, 6.45) is 0.840. The molecular weight excluding hydrogens is 382 g/mol. The van der Waals surface area contributed by atoms with Gasteiger partial charge in [0.2, 0.25) is 17.6 Å². The molecular formula is C23H27N3O4. The predicted molar refractivity (Wildman–Crippen MR) is 113 cm³/mol. The lowest BCUT2D eigenvalue weighted by molar-refractivity contribution is -0.127. The first-order valence-corrected chi connectivity index (χ1v) is 9.99. The number of nitrogens with zero attached hydrogens (tertiary/aromatic N) is 2. The zero-order valence-corrected chi connectivity index (χ0v) is 17.5. The summed E-state index contributed by atoms with van der Waals surface area (Å²) in [7, 11) is 1.61. The van der Waals surface area contributed by atoms with E-state index in [-0.39, 0.29) is 18.4 Å². The Morgan fingerprint density at radius 1 is 1.17 bits per heavy atom. The van der Waals surface area contributed by atoms with Gasteiger partial charge < -0.3 is 19.3 Å². The van der Waals surface area contributed by atoms with Gasteiger partial charge in [0.05, 0.1) is 13.7 Å². The monoisotopic (exact) mass is 409 g/mol. The summed E-state index contributed by atoms with van der Waals surface area (Å²) in [4.78, 5) is 17.0. The number of benzene rings is 2. The minimum Gasteiger partial charge on any atom is -0.497 e. The van der Waals surface area contributed by atoms with E-state index < -0.39 is 6.04 Å². The topological polar surface area (TPSA) is 86.5 Å². The van der Waals surface area contributed by atoms with Crippen molar-refractivity contribution in [2.75, 3.05) is 13.7 Å². The van der Waals surface area contributed by atoms with Crippen LogP contribution in [0.5, 0.6) is 5.75 Å². The Morgan fingerprint density at radius 2 is 1.97 bits per heavy atom. The van der Waals surface area contributed by atoms with E-state index in [2.05, 4.69) is 22.4 Å². The number of hydrogen-bond donors (Lipinski definition) is 1. The van der Waals surface area contributed by atoms with Crippen LogP contribution in [0.3, 0.4) is 0 Å². The molecule has 1 heterocycles. The second-order valence-corrected chi connectivity index (χ2v) is 7.10. The Bertz CT molecular complexity index is 942. The zero-order chi connectivity index (χ0) is 21.3. The molecule has 30 heavy (non-hydrogen) atoms. The van der Waals surface area contributed by atoms with Gasteiger partial charge in [0.15, 0.2) is 0 Å². The maximum absolute atomic E-state index is 12.5. The van der Waals surface area contributed by atoms with E-state index in [0.717, 1.165) is 17.5 Å². The lowest BCUT2D eigenvalue weighted by Gasteiger charge is -2.20. The van der Waals surface area contributed by atoms with Crippen molar-refractivity contribution in [3.8, 4) is 17.1 Å². The van der Waals surface area contributed by atoms with Crippen LogP contribution in [0.1, 0.15) is 37.8 Å². The van der Waals surface area contributed by atoms with E-state index in [4.69, 9.17) is 14.0 Å². The van der Waals surface area contributed by atoms with Crippen molar-refractivity contribution in [2.24, 2.45) is 5.92 Å². The third kappa shape index (κ3) is 5.67.